The molecule has 4 heterocycles. The average Bonchev–Trinajstić information content (AvgIpc) is 3.61. The number of benzene rings is 1. The molecule has 1 amide bonds. The number of rotatable bonds is 2. The van der Waals surface area contributed by atoms with E-state index in [1.165, 1.54) is 0 Å². The highest BCUT2D eigenvalue weighted by Gasteiger charge is 2.64. The number of fused-ring (bicyclic) bond motifs is 3. The van der Waals surface area contributed by atoms with Crippen LogP contribution in [-0.2, 0) is 16.6 Å². The van der Waals surface area contributed by atoms with Gasteiger partial charge >= 0.3 is 0 Å². The van der Waals surface area contributed by atoms with Crippen molar-refractivity contribution in [2.75, 3.05) is 0 Å². The van der Waals surface area contributed by atoms with Crippen LogP contribution in [0.25, 0.3) is 10.9 Å². The van der Waals surface area contributed by atoms with Crippen LogP contribution < -0.4 is 5.32 Å². The number of aromatic nitrogens is 2. The van der Waals surface area contributed by atoms with Gasteiger partial charge in [-0.1, -0.05) is 49.8 Å². The van der Waals surface area contributed by atoms with E-state index < -0.39 is 17.4 Å². The number of allylic oxidation sites excluding steroid dienone is 1. The lowest BCUT2D eigenvalue weighted by Gasteiger charge is -2.46. The number of aliphatic hydroxyl groups is 1. The topological polar surface area (TPSA) is 98.0 Å². The van der Waals surface area contributed by atoms with Crippen molar-refractivity contribution in [3.8, 4) is 0 Å². The van der Waals surface area contributed by atoms with Gasteiger partial charge < -0.3 is 20.4 Å². The Hall–Kier alpha value is -3.38. The molecular weight excluding hydrogens is 474 g/mol. The zero-order chi connectivity index (χ0) is 26.8. The van der Waals surface area contributed by atoms with E-state index >= 15 is 0 Å². The molecular formula is C32H37N3O3. The van der Waals surface area contributed by atoms with E-state index in [4.69, 9.17) is 0 Å². The molecule has 1 aromatic carbocycles. The van der Waals surface area contributed by atoms with Crippen LogP contribution in [0.3, 0.4) is 0 Å². The highest BCUT2D eigenvalue weighted by atomic mass is 16.3. The van der Waals surface area contributed by atoms with Crippen molar-refractivity contribution in [3.63, 3.8) is 0 Å². The molecule has 1 spiro atoms. The molecule has 6 nitrogen and oxygen atoms in total. The normalized spacial score (nSPS) is 33.5. The molecule has 0 unspecified atom stereocenters. The van der Waals surface area contributed by atoms with Crippen LogP contribution in [0.1, 0.15) is 62.3 Å². The maximum Gasteiger partial charge on any atom is 0.233 e. The number of ketones is 1. The molecule has 0 radical (unpaired) electrons. The third-order valence-electron chi connectivity index (χ3n) is 9.58. The van der Waals surface area contributed by atoms with Gasteiger partial charge in [0.25, 0.3) is 0 Å². The van der Waals surface area contributed by atoms with E-state index in [9.17, 15) is 14.7 Å². The lowest BCUT2D eigenvalue weighted by Crippen LogP contribution is -2.54. The number of amides is 1. The van der Waals surface area contributed by atoms with Crippen LogP contribution in [0.2, 0.25) is 0 Å². The second kappa shape index (κ2) is 9.12. The Morgan fingerprint density at radius 2 is 1.84 bits per heavy atom. The number of hydrogen-bond donors (Lipinski definition) is 4. The number of H-pyrrole nitrogens is 2. The average molecular weight is 512 g/mol. The first-order valence-electron chi connectivity index (χ1n) is 13.8. The van der Waals surface area contributed by atoms with E-state index in [0.717, 1.165) is 40.5 Å². The van der Waals surface area contributed by atoms with Gasteiger partial charge in [0.05, 0.1) is 11.8 Å². The van der Waals surface area contributed by atoms with E-state index in [2.05, 4.69) is 53.4 Å². The molecule has 38 heavy (non-hydrogen) atoms. The lowest BCUT2D eigenvalue weighted by atomic mass is 9.55. The summed E-state index contributed by atoms with van der Waals surface area (Å²) in [5.74, 6) is -0.438. The summed E-state index contributed by atoms with van der Waals surface area (Å²) in [6.07, 6.45) is 7.71. The molecule has 4 N–H and O–H groups in total. The van der Waals surface area contributed by atoms with Gasteiger partial charge in [0, 0.05) is 46.6 Å². The Balaban J connectivity index is 1.53. The van der Waals surface area contributed by atoms with E-state index in [1.54, 1.807) is 0 Å². The molecule has 1 aliphatic carbocycles. The zero-order valence-electron chi connectivity index (χ0n) is 22.5. The van der Waals surface area contributed by atoms with Gasteiger partial charge in [-0.05, 0) is 68.4 Å². The second-order valence-corrected chi connectivity index (χ2v) is 11.9. The molecule has 2 bridgehead atoms. The molecule has 1 fully saturated rings. The number of Topliss-reactive ketones (excluding diaryl/α,β-unsaturated/α-hetero) is 1. The standard InChI is InChI=1S/C32H37N3O3/c1-17-8-7-10-23-30(37)20(4)19(3)28-26(15-21-16-33-24-11-6-5-9-22(21)24)35-31(38)32(23,28)27-13-12-25(34-27)29(36)18(2)14-17/h5-7,9-13,16-18,23,26,28,30,33-34,37H,8,14-15H2,1-4H3,(H,35,38)/t17-,18-,23-,26-,28-,30+,32+/m0/s1. The number of para-hydroxylation sites is 1. The molecule has 2 aromatic heterocycles. The van der Waals surface area contributed by atoms with E-state index in [-0.39, 0.29) is 29.6 Å². The summed E-state index contributed by atoms with van der Waals surface area (Å²) in [4.78, 5) is 34.4. The Morgan fingerprint density at radius 1 is 1.05 bits per heavy atom. The minimum atomic E-state index is -1.04. The maximum absolute atomic E-state index is 14.3. The van der Waals surface area contributed by atoms with Crippen molar-refractivity contribution >= 4 is 22.6 Å². The smallest absolute Gasteiger partial charge is 0.233 e. The molecule has 198 valence electrons. The third kappa shape index (κ3) is 3.57. The summed E-state index contributed by atoms with van der Waals surface area (Å²) in [6, 6.07) is 11.8. The van der Waals surface area contributed by atoms with Crippen LogP contribution in [0.4, 0.5) is 0 Å². The summed E-state index contributed by atoms with van der Waals surface area (Å²) in [5, 5.41) is 16.2. The number of aliphatic hydroxyl groups excluding tert-OH is 1. The number of nitrogens with one attached hydrogen (secondary N) is 3. The first-order chi connectivity index (χ1) is 18.2. The zero-order valence-corrected chi connectivity index (χ0v) is 22.5. The number of carbonyl (C=O) groups excluding carboxylic acids is 2. The SMILES string of the molecule is CC1=C(C)[C@H]2[C@H](Cc3c[nH]c4ccccc34)NC(=O)[C@]23c2ccc([nH]2)C(=O)[C@@H](C)C[C@@H](C)CC=C[C@H]3[C@@H]1O. The fraction of sp³-hybridized carbons (Fsp3) is 0.438. The number of carbonyl (C=O) groups is 2. The van der Waals surface area contributed by atoms with Gasteiger partial charge in [-0.25, -0.2) is 0 Å². The fourth-order valence-electron chi connectivity index (χ4n) is 7.57. The molecule has 3 aromatic rings. The predicted octanol–water partition coefficient (Wildman–Crippen LogP) is 5.22. The third-order valence-corrected chi connectivity index (χ3v) is 9.58. The van der Waals surface area contributed by atoms with Crippen LogP contribution in [-0.4, -0.2) is 38.9 Å². The van der Waals surface area contributed by atoms with Gasteiger partial charge in [-0.3, -0.25) is 9.59 Å². The van der Waals surface area contributed by atoms with Crippen molar-refractivity contribution in [2.24, 2.45) is 23.7 Å². The van der Waals surface area contributed by atoms with Gasteiger partial charge in [0.2, 0.25) is 5.91 Å². The van der Waals surface area contributed by atoms with Gasteiger partial charge in [0.15, 0.2) is 5.78 Å². The van der Waals surface area contributed by atoms with Crippen LogP contribution in [0.15, 0.2) is 65.9 Å². The van der Waals surface area contributed by atoms with Crippen LogP contribution >= 0.6 is 0 Å². The van der Waals surface area contributed by atoms with Crippen LogP contribution in [0.5, 0.6) is 0 Å². The highest BCUT2D eigenvalue weighted by Crippen LogP contribution is 2.55. The summed E-state index contributed by atoms with van der Waals surface area (Å²) < 4.78 is 0. The van der Waals surface area contributed by atoms with Gasteiger partial charge in [0.1, 0.15) is 5.41 Å². The lowest BCUT2D eigenvalue weighted by molar-refractivity contribution is -0.127. The minimum absolute atomic E-state index is 0.0747. The summed E-state index contributed by atoms with van der Waals surface area (Å²) >= 11 is 0. The first kappa shape index (κ1) is 24.9. The summed E-state index contributed by atoms with van der Waals surface area (Å²) in [7, 11) is 0. The summed E-state index contributed by atoms with van der Waals surface area (Å²) in [5.41, 5.74) is 4.42. The Kier molecular flexibility index (Phi) is 5.98. The maximum atomic E-state index is 14.3. The molecule has 6 rings (SSSR count). The Morgan fingerprint density at radius 3 is 2.66 bits per heavy atom. The Bertz CT molecular complexity index is 1480. The van der Waals surface area contributed by atoms with Gasteiger partial charge in [-0.15, -0.1) is 0 Å². The van der Waals surface area contributed by atoms with Crippen LogP contribution in [0, 0.1) is 23.7 Å². The molecule has 1 saturated heterocycles. The minimum Gasteiger partial charge on any atom is -0.388 e. The van der Waals surface area contributed by atoms with E-state index in [1.807, 2.05) is 44.3 Å². The van der Waals surface area contributed by atoms with Crippen molar-refractivity contribution in [3.05, 3.63) is 82.8 Å². The molecule has 0 saturated carbocycles. The monoisotopic (exact) mass is 511 g/mol. The largest absolute Gasteiger partial charge is 0.388 e. The van der Waals surface area contributed by atoms with Crippen molar-refractivity contribution in [2.45, 2.75) is 64.5 Å². The molecule has 3 aliphatic rings. The molecule has 2 aliphatic heterocycles. The fourth-order valence-corrected chi connectivity index (χ4v) is 7.57. The van der Waals surface area contributed by atoms with Crippen molar-refractivity contribution in [1.29, 1.82) is 0 Å². The predicted molar refractivity (Wildman–Crippen MR) is 149 cm³/mol. The second-order valence-electron chi connectivity index (χ2n) is 11.9. The van der Waals surface area contributed by atoms with Crippen molar-refractivity contribution < 1.29 is 14.7 Å². The first-order valence-corrected chi connectivity index (χ1v) is 13.8. The molecule has 7 atom stereocenters. The highest BCUT2D eigenvalue weighted by molar-refractivity contribution is 5.98. The molecule has 6 heteroatoms. The Labute approximate surface area is 223 Å². The number of hydrogen-bond acceptors (Lipinski definition) is 3. The summed E-state index contributed by atoms with van der Waals surface area (Å²) in [6.45, 7) is 8.19. The number of aromatic amines is 2. The van der Waals surface area contributed by atoms with Crippen molar-refractivity contribution in [1.82, 2.24) is 15.3 Å². The van der Waals surface area contributed by atoms with Gasteiger partial charge in [-0.2, -0.15) is 0 Å². The van der Waals surface area contributed by atoms with E-state index in [0.29, 0.717) is 23.7 Å². The quantitative estimate of drug-likeness (QED) is 0.355.